The molecule has 0 aliphatic rings. The van der Waals surface area contributed by atoms with Crippen molar-refractivity contribution in [1.82, 2.24) is 0 Å². The van der Waals surface area contributed by atoms with Crippen molar-refractivity contribution in [2.45, 2.75) is 41.5 Å². The summed E-state index contributed by atoms with van der Waals surface area (Å²) in [5.41, 5.74) is 21.6. The van der Waals surface area contributed by atoms with Gasteiger partial charge in [-0.15, -0.1) is 0 Å². The van der Waals surface area contributed by atoms with Crippen molar-refractivity contribution in [2.24, 2.45) is 0 Å². The van der Waals surface area contributed by atoms with Crippen molar-refractivity contribution in [3.8, 4) is 33.4 Å². The second kappa shape index (κ2) is 19.6. The van der Waals surface area contributed by atoms with Crippen LogP contribution in [0.2, 0.25) is 0 Å². The van der Waals surface area contributed by atoms with Crippen LogP contribution in [0, 0.1) is 41.5 Å². The lowest BCUT2D eigenvalue weighted by molar-refractivity contribution is 1.22. The third-order valence-corrected chi connectivity index (χ3v) is 16.6. The molecule has 382 valence electrons. The molecule has 0 N–H and O–H groups in total. The van der Waals surface area contributed by atoms with Gasteiger partial charge in [-0.1, -0.05) is 217 Å². The Bertz CT molecular complexity index is 4320. The minimum absolute atomic E-state index is 1.12. The molecule has 0 heterocycles. The van der Waals surface area contributed by atoms with Crippen molar-refractivity contribution < 1.29 is 0 Å². The Labute approximate surface area is 469 Å². The summed E-state index contributed by atoms with van der Waals surface area (Å²) < 4.78 is 0. The summed E-state index contributed by atoms with van der Waals surface area (Å²) >= 11 is 0. The van der Waals surface area contributed by atoms with Crippen LogP contribution in [0.15, 0.2) is 255 Å². The van der Waals surface area contributed by atoms with Crippen LogP contribution in [-0.2, 0) is 0 Å². The Morgan fingerprint density at radius 3 is 0.775 bits per heavy atom. The van der Waals surface area contributed by atoms with Gasteiger partial charge in [-0.25, -0.2) is 0 Å². The number of aryl methyl sites for hydroxylation is 6. The largest absolute Gasteiger partial charge is 0.309 e. The lowest BCUT2D eigenvalue weighted by Gasteiger charge is -2.32. The fraction of sp³-hybridized carbons (Fsp3) is 0.0769. The van der Waals surface area contributed by atoms with Crippen LogP contribution >= 0.6 is 0 Å². The maximum atomic E-state index is 2.53. The topological polar surface area (TPSA) is 6.48 Å². The molecule has 14 aromatic rings. The van der Waals surface area contributed by atoms with Gasteiger partial charge >= 0.3 is 0 Å². The van der Waals surface area contributed by atoms with Crippen molar-refractivity contribution >= 4 is 98.8 Å². The van der Waals surface area contributed by atoms with Crippen LogP contribution in [0.25, 0.3) is 98.0 Å². The van der Waals surface area contributed by atoms with E-state index in [2.05, 4.69) is 306 Å². The highest BCUT2D eigenvalue weighted by Crippen LogP contribution is 2.54. The molecule has 0 radical (unpaired) electrons. The normalized spacial score (nSPS) is 11.6. The summed E-state index contributed by atoms with van der Waals surface area (Å²) in [5.74, 6) is 0. The van der Waals surface area contributed by atoms with E-state index in [4.69, 9.17) is 0 Å². The zero-order valence-corrected chi connectivity index (χ0v) is 46.1. The summed E-state index contributed by atoms with van der Waals surface area (Å²) in [6, 6.07) is 95.4. The molecule has 0 saturated carbocycles. The van der Waals surface area contributed by atoms with Crippen molar-refractivity contribution in [1.29, 1.82) is 0 Å². The second-order valence-corrected chi connectivity index (χ2v) is 22.0. The van der Waals surface area contributed by atoms with E-state index in [-0.39, 0.29) is 0 Å². The molecule has 14 aromatic carbocycles. The van der Waals surface area contributed by atoms with Gasteiger partial charge in [0.2, 0.25) is 0 Å². The van der Waals surface area contributed by atoms with E-state index >= 15 is 0 Å². The Kier molecular flexibility index (Phi) is 11.9. The van der Waals surface area contributed by atoms with Gasteiger partial charge in [0.15, 0.2) is 0 Å². The lowest BCUT2D eigenvalue weighted by Crippen LogP contribution is -2.14. The number of nitrogens with zero attached hydrogens (tertiary/aromatic N) is 2. The highest BCUT2D eigenvalue weighted by atomic mass is 15.2. The second-order valence-electron chi connectivity index (χ2n) is 22.0. The lowest BCUT2D eigenvalue weighted by atomic mass is 9.83. The molecular weight excluding hydrogens is 965 g/mol. The SMILES string of the molecule is Cc1cc(C)c(N(c2ccccc2)c2c3ccccc3c(-c3cc(-c4c5ccccc5cc5ccccc45)cc(-c4c5ccccc5c(N(c5ccccc5)c5c(C)cc(C)cc5C)c5ccccc45)c3)c3ccccc23)c(C)c1. The van der Waals surface area contributed by atoms with E-state index < -0.39 is 0 Å². The number of hydrogen-bond acceptors (Lipinski definition) is 2. The van der Waals surface area contributed by atoms with Crippen molar-refractivity contribution in [3.63, 3.8) is 0 Å². The van der Waals surface area contributed by atoms with Crippen LogP contribution in [0.5, 0.6) is 0 Å². The van der Waals surface area contributed by atoms with E-state index in [1.807, 2.05) is 0 Å². The molecule has 0 amide bonds. The number of para-hydroxylation sites is 2. The summed E-state index contributed by atoms with van der Waals surface area (Å²) in [7, 11) is 0. The van der Waals surface area contributed by atoms with Gasteiger partial charge in [0.05, 0.1) is 22.7 Å². The van der Waals surface area contributed by atoms with Crippen molar-refractivity contribution in [3.05, 3.63) is 288 Å². The van der Waals surface area contributed by atoms with Gasteiger partial charge in [-0.3, -0.25) is 0 Å². The minimum Gasteiger partial charge on any atom is -0.309 e. The molecule has 0 aromatic heterocycles. The first-order valence-corrected chi connectivity index (χ1v) is 28.0. The Morgan fingerprint density at radius 2 is 0.463 bits per heavy atom. The standard InChI is InChI=1S/C78H60N2/c1-49-41-51(3)75(52(4)42-49)79(60-27-9-7-10-28-60)77-68-37-21-17-33-64(68)73(65-34-18-22-38-69(65)77)58-46-57(72-62-31-15-13-25-55(62)45-56-26-14-16-32-63(56)72)47-59(48-58)74-66-35-19-23-39-70(66)78(71-40-24-20-36-67(71)74)80(61-29-11-8-12-30-61)76-53(5)43-50(2)44-54(76)6/h7-48H,1-6H3. The van der Waals surface area contributed by atoms with Gasteiger partial charge in [0.1, 0.15) is 0 Å². The molecule has 0 saturated heterocycles. The molecule has 0 bridgehead atoms. The zero-order valence-electron chi connectivity index (χ0n) is 46.1. The Hall–Kier alpha value is -9.76. The predicted molar refractivity (Wildman–Crippen MR) is 346 cm³/mol. The summed E-state index contributed by atoms with van der Waals surface area (Å²) in [6.45, 7) is 13.4. The quantitative estimate of drug-likeness (QED) is 0.133. The number of anilines is 6. The molecule has 2 nitrogen and oxygen atoms in total. The molecule has 0 aliphatic carbocycles. The van der Waals surface area contributed by atoms with Gasteiger partial charge in [0.25, 0.3) is 0 Å². The first-order chi connectivity index (χ1) is 39.2. The molecule has 0 atom stereocenters. The molecule has 80 heavy (non-hydrogen) atoms. The highest BCUT2D eigenvalue weighted by Gasteiger charge is 2.28. The average molecular weight is 1030 g/mol. The van der Waals surface area contributed by atoms with Gasteiger partial charge in [-0.05, 0) is 189 Å². The third kappa shape index (κ3) is 8.01. The maximum Gasteiger partial charge on any atom is 0.0619 e. The highest BCUT2D eigenvalue weighted by molar-refractivity contribution is 6.26. The molecule has 0 fully saturated rings. The number of benzene rings is 14. The smallest absolute Gasteiger partial charge is 0.0619 e. The molecule has 0 unspecified atom stereocenters. The molecule has 2 heteroatoms. The Balaban J connectivity index is 1.13. The van der Waals surface area contributed by atoms with Crippen LogP contribution in [-0.4, -0.2) is 0 Å². The number of fused-ring (bicyclic) bond motifs is 6. The minimum atomic E-state index is 1.12. The van der Waals surface area contributed by atoms with Gasteiger partial charge in [-0.2, -0.15) is 0 Å². The summed E-state index contributed by atoms with van der Waals surface area (Å²) in [4.78, 5) is 5.06. The molecule has 14 rings (SSSR count). The van der Waals surface area contributed by atoms with Crippen molar-refractivity contribution in [2.75, 3.05) is 9.80 Å². The predicted octanol–water partition coefficient (Wildman–Crippen LogP) is 22.4. The fourth-order valence-corrected chi connectivity index (χ4v) is 13.6. The molecular formula is C78H60N2. The maximum absolute atomic E-state index is 2.53. The zero-order chi connectivity index (χ0) is 54.2. The van der Waals surface area contributed by atoms with E-state index in [0.717, 1.165) is 22.5 Å². The average Bonchev–Trinajstić information content (AvgIpc) is 3.65. The molecule has 0 aliphatic heterocycles. The number of hydrogen-bond donors (Lipinski definition) is 0. The van der Waals surface area contributed by atoms with E-state index in [9.17, 15) is 0 Å². The monoisotopic (exact) mass is 1020 g/mol. The first kappa shape index (κ1) is 48.6. The van der Waals surface area contributed by atoms with E-state index in [1.54, 1.807) is 0 Å². The van der Waals surface area contributed by atoms with Gasteiger partial charge in [0, 0.05) is 32.9 Å². The molecule has 0 spiro atoms. The first-order valence-electron chi connectivity index (χ1n) is 28.0. The summed E-state index contributed by atoms with van der Waals surface area (Å²) in [5, 5.41) is 14.5. The third-order valence-electron chi connectivity index (χ3n) is 16.6. The fourth-order valence-electron chi connectivity index (χ4n) is 13.6. The van der Waals surface area contributed by atoms with Crippen LogP contribution in [0.4, 0.5) is 34.1 Å². The summed E-state index contributed by atoms with van der Waals surface area (Å²) in [6.07, 6.45) is 0. The van der Waals surface area contributed by atoms with Crippen LogP contribution in [0.1, 0.15) is 33.4 Å². The number of rotatable bonds is 9. The van der Waals surface area contributed by atoms with Gasteiger partial charge < -0.3 is 9.80 Å². The van der Waals surface area contributed by atoms with Crippen LogP contribution < -0.4 is 9.80 Å². The Morgan fingerprint density at radius 1 is 0.212 bits per heavy atom. The van der Waals surface area contributed by atoms with E-state index in [1.165, 1.54) is 143 Å². The van der Waals surface area contributed by atoms with Crippen LogP contribution in [0.3, 0.4) is 0 Å². The van der Waals surface area contributed by atoms with E-state index in [0.29, 0.717) is 0 Å².